The van der Waals surface area contributed by atoms with Gasteiger partial charge in [-0.15, -0.1) is 11.3 Å². The normalized spacial score (nSPS) is 11.9. The Bertz CT molecular complexity index is 1530. The molecule has 0 aliphatic carbocycles. The zero-order chi connectivity index (χ0) is 27.8. The Balaban J connectivity index is 1.48. The topological polar surface area (TPSA) is 92.8 Å². The van der Waals surface area contributed by atoms with E-state index in [4.69, 9.17) is 16.3 Å². The fourth-order valence-electron chi connectivity index (χ4n) is 3.90. The molecule has 0 aliphatic rings. The second-order valence-corrected chi connectivity index (χ2v) is 12.4. The van der Waals surface area contributed by atoms with Crippen molar-refractivity contribution in [2.75, 3.05) is 11.3 Å². The Labute approximate surface area is 237 Å². The summed E-state index contributed by atoms with van der Waals surface area (Å²) in [5.74, 6) is -1.17. The number of carbonyl (C=O) groups is 2. The number of benzene rings is 3. The van der Waals surface area contributed by atoms with Gasteiger partial charge in [-0.3, -0.25) is 9.52 Å². The van der Waals surface area contributed by atoms with Crippen LogP contribution in [0, 0.1) is 0 Å². The quantitative estimate of drug-likeness (QED) is 0.218. The summed E-state index contributed by atoms with van der Waals surface area (Å²) in [4.78, 5) is 28.2. The maximum absolute atomic E-state index is 13.5. The molecule has 0 unspecified atom stereocenters. The molecule has 0 aliphatic heterocycles. The van der Waals surface area contributed by atoms with E-state index in [9.17, 15) is 18.0 Å². The molecule has 7 nitrogen and oxygen atoms in total. The maximum Gasteiger partial charge on any atom is 0.341 e. The van der Waals surface area contributed by atoms with Gasteiger partial charge >= 0.3 is 5.97 Å². The van der Waals surface area contributed by atoms with Crippen molar-refractivity contribution >= 4 is 50.5 Å². The van der Waals surface area contributed by atoms with Gasteiger partial charge in [0.15, 0.2) is 6.10 Å². The molecular weight excluding hydrogens is 556 g/mol. The van der Waals surface area contributed by atoms with E-state index in [1.165, 1.54) is 31.2 Å². The van der Waals surface area contributed by atoms with Crippen molar-refractivity contribution < 1.29 is 22.7 Å². The van der Waals surface area contributed by atoms with Gasteiger partial charge in [0.2, 0.25) is 0 Å². The third-order valence-corrected chi connectivity index (χ3v) is 8.97. The summed E-state index contributed by atoms with van der Waals surface area (Å²) < 4.78 is 33.9. The smallest absolute Gasteiger partial charge is 0.341 e. The molecule has 1 atom stereocenters. The van der Waals surface area contributed by atoms with Crippen LogP contribution in [0.4, 0.5) is 5.69 Å². The van der Waals surface area contributed by atoms with Crippen LogP contribution in [-0.4, -0.2) is 37.8 Å². The molecule has 1 aromatic heterocycles. The molecule has 39 heavy (non-hydrogen) atoms. The number of hydrogen-bond acceptors (Lipinski definition) is 6. The number of ether oxygens (including phenoxy) is 1. The molecule has 0 saturated heterocycles. The number of thiophene rings is 1. The van der Waals surface area contributed by atoms with Gasteiger partial charge in [0, 0.05) is 13.1 Å². The lowest BCUT2D eigenvalue weighted by atomic mass is 10.1. The SMILES string of the molecule is C[C@@H](OC(=O)c1ccccc1NS(=O)(=O)c1ccc(Cl)s1)C(=O)N(CCc1ccccc1)Cc1ccccc1. The lowest BCUT2D eigenvalue weighted by Gasteiger charge is -2.26. The summed E-state index contributed by atoms with van der Waals surface area (Å²) in [6, 6.07) is 28.3. The van der Waals surface area contributed by atoms with E-state index in [0.717, 1.165) is 22.5 Å². The van der Waals surface area contributed by atoms with Crippen molar-refractivity contribution in [2.24, 2.45) is 0 Å². The number of carbonyl (C=O) groups excluding carboxylic acids is 2. The van der Waals surface area contributed by atoms with Crippen molar-refractivity contribution in [3.63, 3.8) is 0 Å². The zero-order valence-electron chi connectivity index (χ0n) is 21.1. The predicted octanol–water partition coefficient (Wildman–Crippen LogP) is 6.02. The number of halogens is 1. The Morgan fingerprint density at radius 1 is 0.897 bits per heavy atom. The van der Waals surface area contributed by atoms with Crippen molar-refractivity contribution in [3.8, 4) is 0 Å². The average molecular weight is 583 g/mol. The standard InChI is InChI=1S/C29H27ClN2O5S2/c1-21(28(33)32(20-23-12-6-3-7-13-23)19-18-22-10-4-2-5-11-22)37-29(34)24-14-8-9-15-25(24)31-39(35,36)27-17-16-26(30)38-27/h2-17,21,31H,18-20H2,1H3/t21-/m1/s1. The van der Waals surface area contributed by atoms with Gasteiger partial charge < -0.3 is 9.64 Å². The predicted molar refractivity (Wildman–Crippen MR) is 153 cm³/mol. The molecule has 0 saturated carbocycles. The number of sulfonamides is 1. The molecule has 10 heteroatoms. The van der Waals surface area contributed by atoms with Gasteiger partial charge in [-0.25, -0.2) is 13.2 Å². The van der Waals surface area contributed by atoms with Crippen molar-refractivity contribution in [3.05, 3.63) is 118 Å². The highest BCUT2D eigenvalue weighted by molar-refractivity contribution is 7.94. The van der Waals surface area contributed by atoms with Crippen molar-refractivity contribution in [1.29, 1.82) is 0 Å². The van der Waals surface area contributed by atoms with E-state index < -0.39 is 22.1 Å². The second-order valence-electron chi connectivity index (χ2n) is 8.74. The van der Waals surface area contributed by atoms with Gasteiger partial charge in [-0.05, 0) is 48.7 Å². The Morgan fingerprint density at radius 3 is 2.15 bits per heavy atom. The summed E-state index contributed by atoms with van der Waals surface area (Å²) in [6.07, 6.45) is -0.463. The summed E-state index contributed by atoms with van der Waals surface area (Å²) in [5, 5.41) is 0. The highest BCUT2D eigenvalue weighted by Crippen LogP contribution is 2.28. The van der Waals surface area contributed by atoms with E-state index >= 15 is 0 Å². The number of para-hydroxylation sites is 1. The Morgan fingerprint density at radius 2 is 1.51 bits per heavy atom. The minimum absolute atomic E-state index is 0.00851. The molecule has 202 valence electrons. The molecule has 0 bridgehead atoms. The van der Waals surface area contributed by atoms with Crippen LogP contribution >= 0.6 is 22.9 Å². The molecule has 1 amide bonds. The summed E-state index contributed by atoms with van der Waals surface area (Å²) in [5.41, 5.74) is 2.06. The molecule has 3 aromatic carbocycles. The number of hydrogen-bond donors (Lipinski definition) is 1. The minimum atomic E-state index is -3.97. The van der Waals surface area contributed by atoms with Gasteiger partial charge in [0.25, 0.3) is 15.9 Å². The fourth-order valence-corrected chi connectivity index (χ4v) is 6.46. The van der Waals surface area contributed by atoms with Crippen LogP contribution in [-0.2, 0) is 32.5 Å². The summed E-state index contributed by atoms with van der Waals surface area (Å²) >= 11 is 6.79. The number of anilines is 1. The Hall–Kier alpha value is -3.66. The third kappa shape index (κ3) is 7.69. The maximum atomic E-state index is 13.5. The molecule has 4 rings (SSSR count). The van der Waals surface area contributed by atoms with Crippen LogP contribution in [0.1, 0.15) is 28.4 Å². The van der Waals surface area contributed by atoms with E-state index in [2.05, 4.69) is 4.72 Å². The van der Waals surface area contributed by atoms with Crippen molar-refractivity contribution in [2.45, 2.75) is 30.2 Å². The molecule has 0 radical (unpaired) electrons. The molecule has 4 aromatic rings. The van der Waals surface area contributed by atoms with Crippen molar-refractivity contribution in [1.82, 2.24) is 4.90 Å². The fraction of sp³-hybridized carbons (Fsp3) is 0.172. The highest BCUT2D eigenvalue weighted by atomic mass is 35.5. The lowest BCUT2D eigenvalue weighted by molar-refractivity contribution is -0.140. The number of amides is 1. The first-order chi connectivity index (χ1) is 18.7. The van der Waals surface area contributed by atoms with Gasteiger partial charge in [-0.1, -0.05) is 84.4 Å². The van der Waals surface area contributed by atoms with Crippen LogP contribution in [0.2, 0.25) is 4.34 Å². The van der Waals surface area contributed by atoms with Crippen LogP contribution in [0.3, 0.4) is 0 Å². The zero-order valence-corrected chi connectivity index (χ0v) is 23.5. The van der Waals surface area contributed by atoms with E-state index in [-0.39, 0.29) is 21.4 Å². The second kappa shape index (κ2) is 12.9. The number of nitrogens with one attached hydrogen (secondary N) is 1. The van der Waals surface area contributed by atoms with Gasteiger partial charge in [0.1, 0.15) is 4.21 Å². The first kappa shape index (κ1) is 28.4. The third-order valence-electron chi connectivity index (χ3n) is 5.88. The van der Waals surface area contributed by atoms with E-state index in [1.54, 1.807) is 17.0 Å². The van der Waals surface area contributed by atoms with E-state index in [1.807, 2.05) is 60.7 Å². The number of esters is 1. The summed E-state index contributed by atoms with van der Waals surface area (Å²) in [6.45, 7) is 2.30. The first-order valence-corrected chi connectivity index (χ1v) is 14.9. The van der Waals surface area contributed by atoms with E-state index in [0.29, 0.717) is 23.8 Å². The molecule has 1 heterocycles. The first-order valence-electron chi connectivity index (χ1n) is 12.2. The number of nitrogens with zero attached hydrogens (tertiary/aromatic N) is 1. The largest absolute Gasteiger partial charge is 0.449 e. The molecule has 0 spiro atoms. The monoisotopic (exact) mass is 582 g/mol. The average Bonchev–Trinajstić information content (AvgIpc) is 3.39. The number of rotatable bonds is 11. The minimum Gasteiger partial charge on any atom is -0.449 e. The van der Waals surface area contributed by atoms with Gasteiger partial charge in [0.05, 0.1) is 15.6 Å². The molecule has 0 fully saturated rings. The highest BCUT2D eigenvalue weighted by Gasteiger charge is 2.27. The molecule has 1 N–H and O–H groups in total. The van der Waals surface area contributed by atoms with Crippen LogP contribution in [0.5, 0.6) is 0 Å². The van der Waals surface area contributed by atoms with Crippen LogP contribution in [0.15, 0.2) is 101 Å². The Kier molecular flexibility index (Phi) is 9.40. The summed E-state index contributed by atoms with van der Waals surface area (Å²) in [7, 11) is -3.97. The molecular formula is C29H27ClN2O5S2. The van der Waals surface area contributed by atoms with Gasteiger partial charge in [-0.2, -0.15) is 0 Å². The van der Waals surface area contributed by atoms with Crippen LogP contribution < -0.4 is 4.72 Å². The lowest BCUT2D eigenvalue weighted by Crippen LogP contribution is -2.40. The van der Waals surface area contributed by atoms with Crippen LogP contribution in [0.25, 0.3) is 0 Å².